The molecule has 1 unspecified atom stereocenters. The van der Waals surface area contributed by atoms with Gasteiger partial charge in [-0.2, -0.15) is 0 Å². The predicted octanol–water partition coefficient (Wildman–Crippen LogP) is 2.16. The van der Waals surface area contributed by atoms with E-state index >= 15 is 0 Å². The highest BCUT2D eigenvalue weighted by molar-refractivity contribution is 5.92. The van der Waals surface area contributed by atoms with Crippen LogP contribution in [0.1, 0.15) is 43.3 Å². The summed E-state index contributed by atoms with van der Waals surface area (Å²) in [5.74, 6) is 2.57. The van der Waals surface area contributed by atoms with Crippen LogP contribution in [0.4, 0.5) is 5.69 Å². The highest BCUT2D eigenvalue weighted by atomic mass is 16.5. The largest absolute Gasteiger partial charge is 0.381 e. The predicted molar refractivity (Wildman–Crippen MR) is 92.1 cm³/mol. The minimum Gasteiger partial charge on any atom is -0.381 e. The molecule has 4 heterocycles. The van der Waals surface area contributed by atoms with E-state index in [0.717, 1.165) is 69.2 Å². The minimum absolute atomic E-state index is 0.00977. The number of aryl methyl sites for hydroxylation is 1. The first-order chi connectivity index (χ1) is 12.3. The Hall–Kier alpha value is -2.28. The van der Waals surface area contributed by atoms with Gasteiger partial charge in [0.05, 0.1) is 11.9 Å². The fourth-order valence-electron chi connectivity index (χ4n) is 3.71. The number of anilines is 1. The smallest absolute Gasteiger partial charge is 0.227 e. The van der Waals surface area contributed by atoms with E-state index < -0.39 is 0 Å². The number of hydrogen-bond acceptors (Lipinski definition) is 5. The van der Waals surface area contributed by atoms with Gasteiger partial charge in [-0.25, -0.2) is 0 Å². The van der Waals surface area contributed by atoms with E-state index in [1.165, 1.54) is 0 Å². The number of aromatic nitrogens is 4. The third-order valence-electron chi connectivity index (χ3n) is 5.16. The lowest BCUT2D eigenvalue weighted by atomic mass is 9.98. The van der Waals surface area contributed by atoms with E-state index in [1.807, 2.05) is 12.1 Å². The molecule has 132 valence electrons. The van der Waals surface area contributed by atoms with Crippen molar-refractivity contribution in [2.45, 2.75) is 44.6 Å². The lowest BCUT2D eigenvalue weighted by molar-refractivity contribution is -0.120. The van der Waals surface area contributed by atoms with E-state index in [1.54, 1.807) is 12.4 Å². The van der Waals surface area contributed by atoms with Crippen LogP contribution in [0, 0.1) is 5.92 Å². The van der Waals surface area contributed by atoms with E-state index in [9.17, 15) is 4.79 Å². The van der Waals surface area contributed by atoms with Gasteiger partial charge in [-0.15, -0.1) is 10.2 Å². The van der Waals surface area contributed by atoms with Crippen molar-refractivity contribution in [1.82, 2.24) is 19.7 Å². The number of carbonyl (C=O) groups excluding carboxylic acids is 1. The molecule has 0 aromatic carbocycles. The fraction of sp³-hybridized carbons (Fsp3) is 0.556. The zero-order chi connectivity index (χ0) is 17.1. The standard InChI is InChI=1S/C18H23N5O2/c24-18(20-15-2-1-8-19-12-15)14-3-4-16-21-22-17(23(16)9-5-14)13-6-10-25-11-7-13/h1-2,8,12-14H,3-7,9-11H2,(H,20,24). The fourth-order valence-corrected chi connectivity index (χ4v) is 3.71. The zero-order valence-corrected chi connectivity index (χ0v) is 14.2. The number of ether oxygens (including phenoxy) is 1. The SMILES string of the molecule is O=C(Nc1cccnc1)C1CCc2nnc(C3CCOCC3)n2CC1. The second-order valence-corrected chi connectivity index (χ2v) is 6.77. The molecule has 0 saturated carbocycles. The van der Waals surface area contributed by atoms with E-state index in [4.69, 9.17) is 4.74 Å². The van der Waals surface area contributed by atoms with Crippen LogP contribution in [-0.4, -0.2) is 38.9 Å². The Morgan fingerprint density at radius 3 is 2.88 bits per heavy atom. The van der Waals surface area contributed by atoms with Gasteiger partial charge in [0.25, 0.3) is 0 Å². The summed E-state index contributed by atoms with van der Waals surface area (Å²) in [5, 5.41) is 11.8. The monoisotopic (exact) mass is 341 g/mol. The zero-order valence-electron chi connectivity index (χ0n) is 14.2. The maximum atomic E-state index is 12.6. The highest BCUT2D eigenvalue weighted by Crippen LogP contribution is 2.29. The average Bonchev–Trinajstić information content (AvgIpc) is 2.94. The number of hydrogen-bond donors (Lipinski definition) is 1. The lowest BCUT2D eigenvalue weighted by Gasteiger charge is -2.22. The summed E-state index contributed by atoms with van der Waals surface area (Å²) in [6.45, 7) is 2.39. The number of nitrogens with one attached hydrogen (secondary N) is 1. The minimum atomic E-state index is -0.00977. The summed E-state index contributed by atoms with van der Waals surface area (Å²) in [4.78, 5) is 16.6. The first kappa shape index (κ1) is 16.2. The van der Waals surface area contributed by atoms with Gasteiger partial charge in [0.15, 0.2) is 0 Å². The third-order valence-corrected chi connectivity index (χ3v) is 5.16. The molecule has 4 rings (SSSR count). The molecule has 0 spiro atoms. The molecule has 25 heavy (non-hydrogen) atoms. The summed E-state index contributed by atoms with van der Waals surface area (Å²) < 4.78 is 7.70. The number of amides is 1. The van der Waals surface area contributed by atoms with Gasteiger partial charge in [0.1, 0.15) is 11.6 Å². The third kappa shape index (κ3) is 3.56. The quantitative estimate of drug-likeness (QED) is 0.925. The maximum Gasteiger partial charge on any atom is 0.227 e. The first-order valence-corrected chi connectivity index (χ1v) is 9.02. The number of nitrogens with zero attached hydrogens (tertiary/aromatic N) is 4. The molecular weight excluding hydrogens is 318 g/mol. The Morgan fingerprint density at radius 1 is 1.20 bits per heavy atom. The molecule has 7 nitrogen and oxygen atoms in total. The second-order valence-electron chi connectivity index (χ2n) is 6.77. The van der Waals surface area contributed by atoms with Crippen molar-refractivity contribution in [3.63, 3.8) is 0 Å². The van der Waals surface area contributed by atoms with Crippen molar-refractivity contribution in [2.24, 2.45) is 5.92 Å². The maximum absolute atomic E-state index is 12.6. The Kier molecular flexibility index (Phi) is 4.74. The van der Waals surface area contributed by atoms with Gasteiger partial charge in [0, 0.05) is 44.2 Å². The van der Waals surface area contributed by atoms with Crippen LogP contribution in [0.15, 0.2) is 24.5 Å². The van der Waals surface area contributed by atoms with Crippen LogP contribution in [0.3, 0.4) is 0 Å². The molecule has 0 aliphatic carbocycles. The van der Waals surface area contributed by atoms with Crippen LogP contribution in [0.25, 0.3) is 0 Å². The van der Waals surface area contributed by atoms with Gasteiger partial charge in [-0.3, -0.25) is 9.78 Å². The van der Waals surface area contributed by atoms with Crippen LogP contribution >= 0.6 is 0 Å². The van der Waals surface area contributed by atoms with Gasteiger partial charge in [-0.05, 0) is 37.8 Å². The summed E-state index contributed by atoms with van der Waals surface area (Å²) in [6.07, 6.45) is 7.79. The molecule has 1 saturated heterocycles. The molecule has 1 fully saturated rings. The first-order valence-electron chi connectivity index (χ1n) is 9.02. The molecule has 2 aromatic heterocycles. The van der Waals surface area contributed by atoms with Crippen LogP contribution in [0.2, 0.25) is 0 Å². The van der Waals surface area contributed by atoms with E-state index in [-0.39, 0.29) is 11.8 Å². The summed E-state index contributed by atoms with van der Waals surface area (Å²) in [6, 6.07) is 3.68. The molecular formula is C18H23N5O2. The van der Waals surface area contributed by atoms with Gasteiger partial charge in [0.2, 0.25) is 5.91 Å². The van der Waals surface area contributed by atoms with Gasteiger partial charge in [-0.1, -0.05) is 0 Å². The van der Waals surface area contributed by atoms with Crippen molar-refractivity contribution in [3.8, 4) is 0 Å². The van der Waals surface area contributed by atoms with Crippen LogP contribution < -0.4 is 5.32 Å². The van der Waals surface area contributed by atoms with Crippen LogP contribution in [-0.2, 0) is 22.5 Å². The van der Waals surface area contributed by atoms with Crippen molar-refractivity contribution >= 4 is 11.6 Å². The topological polar surface area (TPSA) is 81.9 Å². The second kappa shape index (κ2) is 7.31. The summed E-state index contributed by atoms with van der Waals surface area (Å²) in [7, 11) is 0. The molecule has 1 amide bonds. The molecule has 1 N–H and O–H groups in total. The normalized spacial score (nSPS) is 21.4. The summed E-state index contributed by atoms with van der Waals surface area (Å²) >= 11 is 0. The molecule has 1 atom stereocenters. The van der Waals surface area contributed by atoms with E-state index in [2.05, 4.69) is 25.1 Å². The van der Waals surface area contributed by atoms with Crippen molar-refractivity contribution < 1.29 is 9.53 Å². The molecule has 0 radical (unpaired) electrons. The summed E-state index contributed by atoms with van der Waals surface area (Å²) in [5.41, 5.74) is 0.749. The Morgan fingerprint density at radius 2 is 2.08 bits per heavy atom. The number of pyridine rings is 1. The Balaban J connectivity index is 1.43. The lowest BCUT2D eigenvalue weighted by Crippen LogP contribution is -2.24. The number of carbonyl (C=O) groups is 1. The average molecular weight is 341 g/mol. The Bertz CT molecular complexity index is 724. The van der Waals surface area contributed by atoms with E-state index in [0.29, 0.717) is 5.92 Å². The van der Waals surface area contributed by atoms with Crippen molar-refractivity contribution in [3.05, 3.63) is 36.2 Å². The van der Waals surface area contributed by atoms with Crippen LogP contribution in [0.5, 0.6) is 0 Å². The molecule has 7 heteroatoms. The van der Waals surface area contributed by atoms with Gasteiger partial charge < -0.3 is 14.6 Å². The highest BCUT2D eigenvalue weighted by Gasteiger charge is 2.28. The Labute approximate surface area is 146 Å². The van der Waals surface area contributed by atoms with Crippen molar-refractivity contribution in [1.29, 1.82) is 0 Å². The number of fused-ring (bicyclic) bond motifs is 1. The molecule has 2 aromatic rings. The molecule has 0 bridgehead atoms. The molecule has 2 aliphatic rings. The number of rotatable bonds is 3. The molecule has 2 aliphatic heterocycles. The van der Waals surface area contributed by atoms with Crippen molar-refractivity contribution in [2.75, 3.05) is 18.5 Å². The van der Waals surface area contributed by atoms with Gasteiger partial charge >= 0.3 is 0 Å².